The number of unbranched alkanes of at least 4 members (excludes halogenated alkanes) is 5. The second-order valence-electron chi connectivity index (χ2n) is 4.15. The molecule has 0 radical (unpaired) electrons. The van der Waals surface area contributed by atoms with Gasteiger partial charge in [-0.05, 0) is 0 Å². The van der Waals surface area contributed by atoms with E-state index in [9.17, 15) is 8.21 Å². The number of aromatic nitrogens is 1. The third-order valence-electron chi connectivity index (χ3n) is 2.65. The zero-order valence-electron chi connectivity index (χ0n) is 10.4. The summed E-state index contributed by atoms with van der Waals surface area (Å²) in [6, 6.07) is 3.23. The van der Waals surface area contributed by atoms with E-state index in [1.165, 1.54) is 25.7 Å². The van der Waals surface area contributed by atoms with E-state index in [1.807, 2.05) is 0 Å². The Balaban J connectivity index is 2.24. The van der Waals surface area contributed by atoms with E-state index in [1.54, 1.807) is 18.3 Å². The number of hydrogen-bond acceptors (Lipinski definition) is 3. The van der Waals surface area contributed by atoms with E-state index in [2.05, 4.69) is 11.9 Å². The van der Waals surface area contributed by atoms with Crippen LogP contribution in [0.15, 0.2) is 18.3 Å². The van der Waals surface area contributed by atoms with Crippen LogP contribution in [0.4, 0.5) is 0 Å². The molecule has 4 heteroatoms. The van der Waals surface area contributed by atoms with Crippen molar-refractivity contribution in [2.75, 3.05) is 0 Å². The van der Waals surface area contributed by atoms with Crippen molar-refractivity contribution in [2.45, 2.75) is 49.9 Å². The van der Waals surface area contributed by atoms with Crippen LogP contribution in [0.1, 0.15) is 45.4 Å². The molecule has 0 amide bonds. The summed E-state index contributed by atoms with van der Waals surface area (Å²) in [5, 5.41) is 9.53. The fourth-order valence-electron chi connectivity index (χ4n) is 1.67. The van der Waals surface area contributed by atoms with Gasteiger partial charge in [0, 0.05) is 0 Å². The minimum atomic E-state index is -2.58. The first-order chi connectivity index (χ1) is 8.25. The van der Waals surface area contributed by atoms with Gasteiger partial charge in [0.2, 0.25) is 0 Å². The van der Waals surface area contributed by atoms with Gasteiger partial charge < -0.3 is 0 Å². The van der Waals surface area contributed by atoms with Crippen LogP contribution in [-0.4, -0.2) is 29.6 Å². The van der Waals surface area contributed by atoms with Crippen molar-refractivity contribution >= 4 is 23.3 Å². The molecule has 0 aliphatic heterocycles. The monoisotopic (exact) mass is 353 g/mol. The van der Waals surface area contributed by atoms with Gasteiger partial charge in [0.25, 0.3) is 0 Å². The molecule has 0 aromatic carbocycles. The second kappa shape index (κ2) is 8.60. The van der Waals surface area contributed by atoms with Crippen molar-refractivity contribution in [3.8, 4) is 5.75 Å². The van der Waals surface area contributed by atoms with Gasteiger partial charge in [-0.1, -0.05) is 0 Å². The van der Waals surface area contributed by atoms with Gasteiger partial charge in [0.05, 0.1) is 0 Å². The molecule has 0 bridgehead atoms. The normalized spacial score (nSPS) is 10.9. The number of nitrogens with zero attached hydrogens (tertiary/aromatic N) is 1. The number of aromatic hydroxyl groups is 1. The van der Waals surface area contributed by atoms with Crippen LogP contribution in [0.25, 0.3) is 0 Å². The standard InChI is InChI=1S/C13H21NO2Te/c1-2-3-4-5-6-7-11-17(16)13-12(15)9-8-10-14-13/h8-10,15H,2-7,11H2,1H3. The molecular weight excluding hydrogens is 330 g/mol. The summed E-state index contributed by atoms with van der Waals surface area (Å²) in [6.45, 7) is 2.20. The van der Waals surface area contributed by atoms with Crippen LogP contribution in [0.5, 0.6) is 5.75 Å². The molecular formula is C13H21NO2Te. The van der Waals surface area contributed by atoms with Gasteiger partial charge >= 0.3 is 110 Å². The predicted molar refractivity (Wildman–Crippen MR) is 70.2 cm³/mol. The number of rotatable bonds is 8. The molecule has 1 heterocycles. The summed E-state index contributed by atoms with van der Waals surface area (Å²) >= 11 is -2.58. The molecule has 0 aliphatic rings. The van der Waals surface area contributed by atoms with E-state index in [0.717, 1.165) is 17.3 Å². The van der Waals surface area contributed by atoms with Crippen molar-refractivity contribution in [3.05, 3.63) is 18.3 Å². The third kappa shape index (κ3) is 5.61. The van der Waals surface area contributed by atoms with Gasteiger partial charge in [0.1, 0.15) is 0 Å². The molecule has 1 aromatic rings. The summed E-state index contributed by atoms with van der Waals surface area (Å²) in [6.07, 6.45) is 8.80. The van der Waals surface area contributed by atoms with Crippen LogP contribution < -0.4 is 3.74 Å². The Labute approximate surface area is 110 Å². The summed E-state index contributed by atoms with van der Waals surface area (Å²) in [7, 11) is 0. The summed E-state index contributed by atoms with van der Waals surface area (Å²) in [4.78, 5) is 4.02. The average Bonchev–Trinajstić information content (AvgIpc) is 2.34. The fraction of sp³-hybridized carbons (Fsp3) is 0.615. The summed E-state index contributed by atoms with van der Waals surface area (Å²) in [5.41, 5.74) is 0. The van der Waals surface area contributed by atoms with Gasteiger partial charge in [-0.3, -0.25) is 0 Å². The Kier molecular flexibility index (Phi) is 7.39. The Morgan fingerprint density at radius 2 is 1.94 bits per heavy atom. The zero-order chi connectivity index (χ0) is 12.5. The maximum absolute atomic E-state index is 12.0. The van der Waals surface area contributed by atoms with Crippen molar-refractivity contribution in [2.24, 2.45) is 0 Å². The van der Waals surface area contributed by atoms with Gasteiger partial charge in [0.15, 0.2) is 0 Å². The Morgan fingerprint density at radius 3 is 2.65 bits per heavy atom. The van der Waals surface area contributed by atoms with E-state index < -0.39 is 19.5 Å². The Hall–Kier alpha value is -0.460. The molecule has 0 atom stereocenters. The van der Waals surface area contributed by atoms with Crippen molar-refractivity contribution < 1.29 is 8.21 Å². The van der Waals surface area contributed by atoms with Crippen LogP contribution in [0.2, 0.25) is 4.47 Å². The van der Waals surface area contributed by atoms with E-state index in [-0.39, 0.29) is 5.75 Å². The van der Waals surface area contributed by atoms with Crippen LogP contribution in [-0.2, 0) is 3.10 Å². The fourth-order valence-corrected chi connectivity index (χ4v) is 4.92. The Bertz CT molecular complexity index is 355. The zero-order valence-corrected chi connectivity index (χ0v) is 12.7. The van der Waals surface area contributed by atoms with Gasteiger partial charge in [-0.25, -0.2) is 0 Å². The van der Waals surface area contributed by atoms with Crippen LogP contribution in [0.3, 0.4) is 0 Å². The predicted octanol–water partition coefficient (Wildman–Crippen LogP) is 2.78. The molecule has 17 heavy (non-hydrogen) atoms. The first-order valence-electron chi connectivity index (χ1n) is 6.28. The molecule has 1 N–H and O–H groups in total. The SMILES string of the molecule is CCCCCCCC[Te](=O)c1ncccc1O. The minimum absolute atomic E-state index is 0.102. The van der Waals surface area contributed by atoms with Crippen molar-refractivity contribution in [3.63, 3.8) is 0 Å². The summed E-state index contributed by atoms with van der Waals surface area (Å²) < 4.78 is 13.2. The maximum atomic E-state index is 12.0. The van der Waals surface area contributed by atoms with Crippen molar-refractivity contribution in [1.29, 1.82) is 0 Å². The molecule has 0 saturated carbocycles. The van der Waals surface area contributed by atoms with Gasteiger partial charge in [-0.15, -0.1) is 0 Å². The number of hydrogen-bond donors (Lipinski definition) is 1. The molecule has 1 aromatic heterocycles. The topological polar surface area (TPSA) is 50.2 Å². The molecule has 96 valence electrons. The van der Waals surface area contributed by atoms with E-state index in [4.69, 9.17) is 0 Å². The quantitative estimate of drug-likeness (QED) is 0.579. The molecule has 0 aliphatic carbocycles. The van der Waals surface area contributed by atoms with Crippen LogP contribution in [0, 0.1) is 0 Å². The molecule has 3 nitrogen and oxygen atoms in total. The van der Waals surface area contributed by atoms with E-state index >= 15 is 0 Å². The number of pyridine rings is 1. The average molecular weight is 351 g/mol. The molecule has 0 fully saturated rings. The molecule has 0 spiro atoms. The first-order valence-corrected chi connectivity index (χ1v) is 10.0. The first kappa shape index (κ1) is 14.6. The van der Waals surface area contributed by atoms with Gasteiger partial charge in [-0.2, -0.15) is 0 Å². The van der Waals surface area contributed by atoms with Crippen LogP contribution >= 0.6 is 0 Å². The molecule has 0 saturated heterocycles. The second-order valence-corrected chi connectivity index (χ2v) is 8.39. The third-order valence-corrected chi connectivity index (χ3v) is 6.66. The van der Waals surface area contributed by atoms with Crippen molar-refractivity contribution in [1.82, 2.24) is 4.98 Å². The van der Waals surface area contributed by atoms with E-state index in [0.29, 0.717) is 3.74 Å². The summed E-state index contributed by atoms with van der Waals surface area (Å²) in [5.74, 6) is 0.102. The molecule has 0 unspecified atom stereocenters. The Morgan fingerprint density at radius 1 is 1.24 bits per heavy atom. The molecule has 1 rings (SSSR count).